The fraction of sp³-hybridized carbons (Fsp3) is 0.222. The van der Waals surface area contributed by atoms with Gasteiger partial charge in [0.2, 0.25) is 0 Å². The van der Waals surface area contributed by atoms with Gasteiger partial charge in [-0.05, 0) is 31.5 Å². The van der Waals surface area contributed by atoms with E-state index in [4.69, 9.17) is 21.1 Å². The van der Waals surface area contributed by atoms with Crippen LogP contribution in [0.1, 0.15) is 12.5 Å². The summed E-state index contributed by atoms with van der Waals surface area (Å²) in [5, 5.41) is 13.3. The predicted molar refractivity (Wildman–Crippen MR) is 99.0 cm³/mol. The highest BCUT2D eigenvalue weighted by atomic mass is 35.5. The number of esters is 1. The number of nitrogens with zero attached hydrogens (tertiary/aromatic N) is 1. The largest absolute Gasteiger partial charge is 0.482 e. The summed E-state index contributed by atoms with van der Waals surface area (Å²) in [6.07, 6.45) is -1.15. The lowest BCUT2D eigenvalue weighted by molar-refractivity contribution is -0.384. The number of rotatable bonds is 7. The van der Waals surface area contributed by atoms with Crippen LogP contribution in [-0.4, -0.2) is 29.5 Å². The molecule has 0 saturated heterocycles. The maximum atomic E-state index is 12.2. The van der Waals surface area contributed by atoms with Crippen molar-refractivity contribution < 1.29 is 24.0 Å². The number of non-ortho nitro benzene ring substituents is 1. The number of para-hydroxylation sites is 1. The number of hydrogen-bond acceptors (Lipinski definition) is 6. The van der Waals surface area contributed by atoms with Gasteiger partial charge in [-0.3, -0.25) is 14.9 Å². The van der Waals surface area contributed by atoms with Crippen LogP contribution < -0.4 is 10.1 Å². The molecule has 2 rings (SSSR count). The van der Waals surface area contributed by atoms with E-state index in [9.17, 15) is 19.7 Å². The van der Waals surface area contributed by atoms with Crippen LogP contribution in [0.15, 0.2) is 42.5 Å². The fourth-order valence-corrected chi connectivity index (χ4v) is 2.26. The van der Waals surface area contributed by atoms with Gasteiger partial charge in [0.05, 0.1) is 15.6 Å². The number of nitrogens with one attached hydrogen (secondary N) is 1. The number of carbonyl (C=O) groups excluding carboxylic acids is 2. The van der Waals surface area contributed by atoms with Crippen molar-refractivity contribution in [3.05, 3.63) is 63.2 Å². The normalized spacial score (nSPS) is 11.4. The maximum Gasteiger partial charge on any atom is 0.344 e. The second-order valence-corrected chi connectivity index (χ2v) is 6.00. The lowest BCUT2D eigenvalue weighted by atomic mass is 10.2. The standard InChI is InChI=1S/C18H17ClN2O6/c1-11-5-3-4-6-16(11)26-10-17(22)27-12(2)18(23)20-15-9-13(21(24)25)7-8-14(15)19/h3-9,12H,10H2,1-2H3,(H,20,23)/t12-/m0/s1. The van der Waals surface area contributed by atoms with Gasteiger partial charge in [0.1, 0.15) is 5.75 Å². The highest BCUT2D eigenvalue weighted by Crippen LogP contribution is 2.26. The molecule has 0 unspecified atom stereocenters. The highest BCUT2D eigenvalue weighted by molar-refractivity contribution is 6.33. The van der Waals surface area contributed by atoms with E-state index in [0.29, 0.717) is 5.75 Å². The van der Waals surface area contributed by atoms with Gasteiger partial charge in [-0.25, -0.2) is 4.79 Å². The third kappa shape index (κ3) is 5.68. The number of nitro benzene ring substituents is 1. The summed E-state index contributed by atoms with van der Waals surface area (Å²) in [5.41, 5.74) is 0.678. The number of aryl methyl sites for hydroxylation is 1. The Morgan fingerprint density at radius 2 is 1.96 bits per heavy atom. The van der Waals surface area contributed by atoms with E-state index in [2.05, 4.69) is 5.32 Å². The molecule has 27 heavy (non-hydrogen) atoms. The summed E-state index contributed by atoms with van der Waals surface area (Å²) in [4.78, 5) is 34.2. The minimum Gasteiger partial charge on any atom is -0.482 e. The van der Waals surface area contributed by atoms with E-state index in [-0.39, 0.29) is 23.0 Å². The second kappa shape index (κ2) is 9.00. The summed E-state index contributed by atoms with van der Waals surface area (Å²) < 4.78 is 10.4. The zero-order chi connectivity index (χ0) is 20.0. The predicted octanol–water partition coefficient (Wildman–Crippen LogP) is 3.51. The fourth-order valence-electron chi connectivity index (χ4n) is 2.10. The van der Waals surface area contributed by atoms with Crippen LogP contribution in [-0.2, 0) is 14.3 Å². The average Bonchev–Trinajstić information content (AvgIpc) is 2.62. The molecular weight excluding hydrogens is 376 g/mol. The summed E-state index contributed by atoms with van der Waals surface area (Å²) >= 11 is 5.92. The number of benzene rings is 2. The van der Waals surface area contributed by atoms with E-state index >= 15 is 0 Å². The van der Waals surface area contributed by atoms with Crippen molar-refractivity contribution in [1.29, 1.82) is 0 Å². The van der Waals surface area contributed by atoms with Crippen molar-refractivity contribution in [3.8, 4) is 5.75 Å². The molecule has 0 fully saturated rings. The van der Waals surface area contributed by atoms with E-state index in [1.807, 2.05) is 19.1 Å². The van der Waals surface area contributed by atoms with Crippen LogP contribution in [0.4, 0.5) is 11.4 Å². The molecule has 0 saturated carbocycles. The lowest BCUT2D eigenvalue weighted by Crippen LogP contribution is -2.31. The van der Waals surface area contributed by atoms with Gasteiger partial charge in [-0.1, -0.05) is 29.8 Å². The molecule has 0 heterocycles. The Morgan fingerprint density at radius 3 is 2.63 bits per heavy atom. The zero-order valence-corrected chi connectivity index (χ0v) is 15.4. The molecule has 1 amide bonds. The summed E-state index contributed by atoms with van der Waals surface area (Å²) in [5.74, 6) is -0.873. The third-order valence-electron chi connectivity index (χ3n) is 3.54. The highest BCUT2D eigenvalue weighted by Gasteiger charge is 2.20. The summed E-state index contributed by atoms with van der Waals surface area (Å²) in [6, 6.07) is 10.8. The number of amides is 1. The Hall–Kier alpha value is -3.13. The minimum absolute atomic E-state index is 0.0509. The summed E-state index contributed by atoms with van der Waals surface area (Å²) in [6.45, 7) is 2.84. The van der Waals surface area contributed by atoms with E-state index in [1.54, 1.807) is 12.1 Å². The van der Waals surface area contributed by atoms with Gasteiger partial charge in [0.15, 0.2) is 12.7 Å². The third-order valence-corrected chi connectivity index (χ3v) is 3.86. The van der Waals surface area contributed by atoms with Crippen LogP contribution in [0.5, 0.6) is 5.75 Å². The van der Waals surface area contributed by atoms with Gasteiger partial charge < -0.3 is 14.8 Å². The number of hydrogen-bond donors (Lipinski definition) is 1. The number of carbonyl (C=O) groups is 2. The van der Waals surface area contributed by atoms with Crippen LogP contribution in [0.3, 0.4) is 0 Å². The summed E-state index contributed by atoms with van der Waals surface area (Å²) in [7, 11) is 0. The first-order valence-electron chi connectivity index (χ1n) is 7.90. The van der Waals surface area contributed by atoms with E-state index < -0.39 is 22.9 Å². The van der Waals surface area contributed by atoms with E-state index in [0.717, 1.165) is 11.6 Å². The number of ether oxygens (including phenoxy) is 2. The van der Waals surface area contributed by atoms with Gasteiger partial charge in [-0.2, -0.15) is 0 Å². The van der Waals surface area contributed by atoms with Crippen molar-refractivity contribution >= 4 is 34.9 Å². The molecule has 142 valence electrons. The van der Waals surface area contributed by atoms with Gasteiger partial charge in [0, 0.05) is 12.1 Å². The monoisotopic (exact) mass is 392 g/mol. The van der Waals surface area contributed by atoms with E-state index in [1.165, 1.54) is 19.1 Å². The first-order chi connectivity index (χ1) is 12.8. The number of halogens is 1. The zero-order valence-electron chi connectivity index (χ0n) is 14.6. The molecule has 2 aromatic rings. The molecule has 0 aliphatic rings. The molecule has 0 spiro atoms. The quantitative estimate of drug-likeness (QED) is 0.439. The topological polar surface area (TPSA) is 108 Å². The Morgan fingerprint density at radius 1 is 1.26 bits per heavy atom. The molecule has 9 heteroatoms. The Labute approximate surface area is 160 Å². The maximum absolute atomic E-state index is 12.2. The molecular formula is C18H17ClN2O6. The molecule has 8 nitrogen and oxygen atoms in total. The molecule has 0 radical (unpaired) electrons. The molecule has 0 aliphatic carbocycles. The average molecular weight is 393 g/mol. The molecule has 0 aromatic heterocycles. The van der Waals surface area contributed by atoms with Crippen molar-refractivity contribution in [2.75, 3.05) is 11.9 Å². The molecule has 1 atom stereocenters. The van der Waals surface area contributed by atoms with Crippen LogP contribution in [0.25, 0.3) is 0 Å². The van der Waals surface area contributed by atoms with Crippen LogP contribution in [0.2, 0.25) is 5.02 Å². The van der Waals surface area contributed by atoms with Crippen LogP contribution in [0, 0.1) is 17.0 Å². The van der Waals surface area contributed by atoms with Crippen molar-refractivity contribution in [1.82, 2.24) is 0 Å². The minimum atomic E-state index is -1.15. The van der Waals surface area contributed by atoms with Crippen molar-refractivity contribution in [3.63, 3.8) is 0 Å². The number of anilines is 1. The second-order valence-electron chi connectivity index (χ2n) is 5.60. The Kier molecular flexibility index (Phi) is 6.73. The van der Waals surface area contributed by atoms with Crippen molar-refractivity contribution in [2.45, 2.75) is 20.0 Å². The number of nitro groups is 1. The first kappa shape index (κ1) is 20.2. The first-order valence-corrected chi connectivity index (χ1v) is 8.28. The smallest absolute Gasteiger partial charge is 0.344 e. The van der Waals surface area contributed by atoms with Crippen molar-refractivity contribution in [2.24, 2.45) is 0 Å². The Balaban J connectivity index is 1.91. The lowest BCUT2D eigenvalue weighted by Gasteiger charge is -2.15. The molecule has 0 aliphatic heterocycles. The SMILES string of the molecule is Cc1ccccc1OCC(=O)O[C@@H](C)C(=O)Nc1cc([N+](=O)[O-])ccc1Cl. The van der Waals surface area contributed by atoms with Gasteiger partial charge >= 0.3 is 5.97 Å². The molecule has 0 bridgehead atoms. The molecule has 2 aromatic carbocycles. The van der Waals surface area contributed by atoms with Crippen LogP contribution >= 0.6 is 11.6 Å². The Bertz CT molecular complexity index is 871. The van der Waals surface area contributed by atoms with Gasteiger partial charge in [-0.15, -0.1) is 0 Å². The molecule has 1 N–H and O–H groups in total. The van der Waals surface area contributed by atoms with Gasteiger partial charge in [0.25, 0.3) is 11.6 Å².